The van der Waals surface area contributed by atoms with Gasteiger partial charge in [0.25, 0.3) is 0 Å². The van der Waals surface area contributed by atoms with Gasteiger partial charge < -0.3 is 9.31 Å². The molecular weight excluding hydrogens is 303 g/mol. The summed E-state index contributed by atoms with van der Waals surface area (Å²) >= 11 is 3.48. The molecular formula is C15H20BBrO2. The quantitative estimate of drug-likeness (QED) is 0.751. The monoisotopic (exact) mass is 322 g/mol. The Hall–Kier alpha value is -0.315. The SMILES string of the molecule is CC1(C)OB([C@@H]2C[C@H]2c2ccc(Br)cc2)OC1(C)C. The van der Waals surface area contributed by atoms with Crippen LogP contribution in [0.2, 0.25) is 5.82 Å². The Bertz CT molecular complexity index is 467. The zero-order valence-electron chi connectivity index (χ0n) is 11.9. The van der Waals surface area contributed by atoms with Crippen LogP contribution in [0.1, 0.15) is 45.6 Å². The molecule has 3 rings (SSSR count). The molecule has 1 saturated carbocycles. The minimum Gasteiger partial charge on any atom is -0.403 e. The zero-order valence-corrected chi connectivity index (χ0v) is 13.5. The fourth-order valence-corrected chi connectivity index (χ4v) is 2.94. The number of benzene rings is 1. The van der Waals surface area contributed by atoms with Crippen LogP contribution < -0.4 is 0 Å². The third-order valence-electron chi connectivity index (χ3n) is 4.76. The van der Waals surface area contributed by atoms with Crippen LogP contribution in [-0.4, -0.2) is 18.3 Å². The van der Waals surface area contributed by atoms with Gasteiger partial charge in [-0.2, -0.15) is 0 Å². The largest absolute Gasteiger partial charge is 0.461 e. The van der Waals surface area contributed by atoms with E-state index in [0.29, 0.717) is 11.7 Å². The van der Waals surface area contributed by atoms with E-state index in [2.05, 4.69) is 67.9 Å². The highest BCUT2D eigenvalue weighted by Crippen LogP contribution is 2.58. The smallest absolute Gasteiger partial charge is 0.403 e. The maximum Gasteiger partial charge on any atom is 0.461 e. The second-order valence-electron chi connectivity index (χ2n) is 6.68. The topological polar surface area (TPSA) is 18.5 Å². The normalized spacial score (nSPS) is 31.5. The van der Waals surface area contributed by atoms with Crippen molar-refractivity contribution in [3.8, 4) is 0 Å². The fourth-order valence-electron chi connectivity index (χ4n) is 2.67. The molecule has 2 aliphatic rings. The van der Waals surface area contributed by atoms with Crippen LogP contribution in [0.3, 0.4) is 0 Å². The van der Waals surface area contributed by atoms with E-state index in [1.807, 2.05) is 0 Å². The van der Waals surface area contributed by atoms with Gasteiger partial charge in [-0.05, 0) is 57.7 Å². The van der Waals surface area contributed by atoms with Gasteiger partial charge in [-0.15, -0.1) is 0 Å². The number of hydrogen-bond donors (Lipinski definition) is 0. The van der Waals surface area contributed by atoms with Crippen molar-refractivity contribution in [2.24, 2.45) is 0 Å². The standard InChI is InChI=1S/C15H20BBrO2/c1-14(2)15(3,4)19-16(18-14)13-9-12(13)10-5-7-11(17)8-6-10/h5-8,12-13H,9H2,1-4H3/t12-,13+/m0/s1. The Morgan fingerprint density at radius 1 is 1.05 bits per heavy atom. The maximum absolute atomic E-state index is 6.13. The van der Waals surface area contributed by atoms with Gasteiger partial charge in [-0.25, -0.2) is 0 Å². The summed E-state index contributed by atoms with van der Waals surface area (Å²) in [5.74, 6) is 1.09. The van der Waals surface area contributed by atoms with Gasteiger partial charge in [0, 0.05) is 10.3 Å². The minimum absolute atomic E-state index is 0.0568. The lowest BCUT2D eigenvalue weighted by molar-refractivity contribution is 0.00578. The number of hydrogen-bond acceptors (Lipinski definition) is 2. The maximum atomic E-state index is 6.13. The second-order valence-corrected chi connectivity index (χ2v) is 7.60. The predicted molar refractivity (Wildman–Crippen MR) is 81.3 cm³/mol. The lowest BCUT2D eigenvalue weighted by atomic mass is 9.79. The summed E-state index contributed by atoms with van der Waals surface area (Å²) in [6.07, 6.45) is 1.17. The molecule has 1 aromatic carbocycles. The fraction of sp³-hybridized carbons (Fsp3) is 0.600. The van der Waals surface area contributed by atoms with Gasteiger partial charge >= 0.3 is 7.12 Å². The van der Waals surface area contributed by atoms with E-state index in [1.165, 1.54) is 12.0 Å². The van der Waals surface area contributed by atoms with E-state index in [1.54, 1.807) is 0 Å². The van der Waals surface area contributed by atoms with Crippen LogP contribution in [0.4, 0.5) is 0 Å². The molecule has 2 nitrogen and oxygen atoms in total. The summed E-state index contributed by atoms with van der Waals surface area (Å²) in [7, 11) is -0.0568. The average Bonchev–Trinajstić information content (AvgIpc) is 3.04. The number of halogens is 1. The molecule has 0 amide bonds. The van der Waals surface area contributed by atoms with Crippen LogP contribution in [0.25, 0.3) is 0 Å². The lowest BCUT2D eigenvalue weighted by Crippen LogP contribution is -2.41. The van der Waals surface area contributed by atoms with E-state index >= 15 is 0 Å². The van der Waals surface area contributed by atoms with Gasteiger partial charge in [0.1, 0.15) is 0 Å². The minimum atomic E-state index is -0.218. The molecule has 2 fully saturated rings. The highest BCUT2D eigenvalue weighted by Gasteiger charge is 2.59. The highest BCUT2D eigenvalue weighted by atomic mass is 79.9. The van der Waals surface area contributed by atoms with E-state index in [0.717, 1.165) is 4.47 Å². The van der Waals surface area contributed by atoms with Crippen LogP contribution in [0, 0.1) is 0 Å². The Morgan fingerprint density at radius 2 is 1.58 bits per heavy atom. The van der Waals surface area contributed by atoms with Gasteiger partial charge in [-0.3, -0.25) is 0 Å². The Labute approximate surface area is 124 Å². The molecule has 4 heteroatoms. The van der Waals surface area contributed by atoms with Crippen molar-refractivity contribution in [2.45, 2.75) is 57.1 Å². The van der Waals surface area contributed by atoms with Gasteiger partial charge in [0.15, 0.2) is 0 Å². The molecule has 19 heavy (non-hydrogen) atoms. The molecule has 1 aromatic rings. The first-order chi connectivity index (χ1) is 8.80. The molecule has 0 spiro atoms. The first kappa shape index (κ1) is 13.7. The summed E-state index contributed by atoms with van der Waals surface area (Å²) in [5, 5.41) is 0. The summed E-state index contributed by atoms with van der Waals surface area (Å²) in [5.41, 5.74) is 0.956. The molecule has 0 bridgehead atoms. The van der Waals surface area contributed by atoms with Crippen molar-refractivity contribution >= 4 is 23.0 Å². The summed E-state index contributed by atoms with van der Waals surface area (Å²) < 4.78 is 13.4. The first-order valence-electron chi connectivity index (χ1n) is 6.91. The lowest BCUT2D eigenvalue weighted by Gasteiger charge is -2.32. The molecule has 1 saturated heterocycles. The first-order valence-corrected chi connectivity index (χ1v) is 7.70. The molecule has 1 heterocycles. The van der Waals surface area contributed by atoms with E-state index in [4.69, 9.17) is 9.31 Å². The van der Waals surface area contributed by atoms with Crippen LogP contribution in [0.5, 0.6) is 0 Å². The van der Waals surface area contributed by atoms with Gasteiger partial charge in [-0.1, -0.05) is 28.1 Å². The zero-order chi connectivity index (χ0) is 13.8. The molecule has 2 atom stereocenters. The molecule has 1 aliphatic heterocycles. The van der Waals surface area contributed by atoms with E-state index in [-0.39, 0.29) is 18.3 Å². The van der Waals surface area contributed by atoms with Crippen molar-refractivity contribution in [1.82, 2.24) is 0 Å². The summed E-state index contributed by atoms with van der Waals surface area (Å²) in [6.45, 7) is 8.46. The third kappa shape index (κ3) is 2.39. The average molecular weight is 323 g/mol. The molecule has 0 unspecified atom stereocenters. The van der Waals surface area contributed by atoms with Gasteiger partial charge in [0.2, 0.25) is 0 Å². The predicted octanol–water partition coefficient (Wildman–Crippen LogP) is 4.40. The third-order valence-corrected chi connectivity index (χ3v) is 5.29. The van der Waals surface area contributed by atoms with E-state index < -0.39 is 0 Å². The number of rotatable bonds is 2. The van der Waals surface area contributed by atoms with Crippen LogP contribution in [0.15, 0.2) is 28.7 Å². The second kappa shape index (κ2) is 4.34. The Balaban J connectivity index is 1.70. The van der Waals surface area contributed by atoms with Crippen molar-refractivity contribution in [2.75, 3.05) is 0 Å². The molecule has 0 radical (unpaired) electrons. The van der Waals surface area contributed by atoms with Crippen LogP contribution >= 0.6 is 15.9 Å². The highest BCUT2D eigenvalue weighted by molar-refractivity contribution is 9.10. The summed E-state index contributed by atoms with van der Waals surface area (Å²) in [6, 6.07) is 8.60. The molecule has 0 N–H and O–H groups in total. The van der Waals surface area contributed by atoms with Crippen molar-refractivity contribution in [3.05, 3.63) is 34.3 Å². The van der Waals surface area contributed by atoms with E-state index in [9.17, 15) is 0 Å². The summed E-state index contributed by atoms with van der Waals surface area (Å²) in [4.78, 5) is 0. The molecule has 0 aromatic heterocycles. The van der Waals surface area contributed by atoms with Gasteiger partial charge in [0.05, 0.1) is 11.2 Å². The Kier molecular flexibility index (Phi) is 3.12. The van der Waals surface area contributed by atoms with Crippen molar-refractivity contribution < 1.29 is 9.31 Å². The van der Waals surface area contributed by atoms with Crippen molar-refractivity contribution in [3.63, 3.8) is 0 Å². The Morgan fingerprint density at radius 3 is 2.11 bits per heavy atom. The van der Waals surface area contributed by atoms with Crippen molar-refractivity contribution in [1.29, 1.82) is 0 Å². The molecule has 102 valence electrons. The molecule has 1 aliphatic carbocycles. The van der Waals surface area contributed by atoms with Crippen LogP contribution in [-0.2, 0) is 9.31 Å².